The summed E-state index contributed by atoms with van der Waals surface area (Å²) in [6, 6.07) is 12.9. The van der Waals surface area contributed by atoms with Gasteiger partial charge in [0, 0.05) is 20.6 Å². The Morgan fingerprint density at radius 3 is 2.31 bits per heavy atom. The van der Waals surface area contributed by atoms with Crippen LogP contribution in [0.3, 0.4) is 0 Å². The van der Waals surface area contributed by atoms with Crippen LogP contribution in [-0.4, -0.2) is 45.9 Å². The zero-order valence-corrected chi connectivity index (χ0v) is 18.4. The van der Waals surface area contributed by atoms with E-state index in [-0.39, 0.29) is 12.5 Å². The molecule has 0 bridgehead atoms. The number of hydrogen-bond acceptors (Lipinski definition) is 4. The van der Waals surface area contributed by atoms with Crippen LogP contribution in [0.1, 0.15) is 23.6 Å². The molecule has 1 amide bonds. The molecule has 0 aliphatic rings. The van der Waals surface area contributed by atoms with Gasteiger partial charge in [-0.3, -0.25) is 4.79 Å². The Kier molecular flexibility index (Phi) is 7.64. The first-order valence-electron chi connectivity index (χ1n) is 9.41. The number of nitrogens with zero attached hydrogens (tertiary/aromatic N) is 2. The van der Waals surface area contributed by atoms with Gasteiger partial charge in [0.15, 0.2) is 0 Å². The second-order valence-electron chi connectivity index (χ2n) is 6.94. The van der Waals surface area contributed by atoms with Crippen LogP contribution in [0.2, 0.25) is 0 Å². The summed E-state index contributed by atoms with van der Waals surface area (Å²) in [6.45, 7) is 6.21. The zero-order chi connectivity index (χ0) is 21.6. The fraction of sp³-hybridized carbons (Fsp3) is 0.381. The molecule has 8 heteroatoms. The highest BCUT2D eigenvalue weighted by Crippen LogP contribution is 2.25. The van der Waals surface area contributed by atoms with Crippen molar-refractivity contribution in [2.24, 2.45) is 0 Å². The molecule has 0 saturated heterocycles. The topological polar surface area (TPSA) is 79.0 Å². The molecule has 1 N–H and O–H groups in total. The maximum absolute atomic E-state index is 12.9. The zero-order valence-electron chi connectivity index (χ0n) is 17.6. The number of hydrogen-bond donors (Lipinski definition) is 1. The van der Waals surface area contributed by atoms with Crippen LogP contribution in [0, 0.1) is 13.8 Å². The average Bonchev–Trinajstić information content (AvgIpc) is 2.67. The van der Waals surface area contributed by atoms with Crippen molar-refractivity contribution >= 4 is 21.8 Å². The van der Waals surface area contributed by atoms with E-state index in [9.17, 15) is 13.2 Å². The number of anilines is 1. The lowest BCUT2D eigenvalue weighted by atomic mass is 10.1. The van der Waals surface area contributed by atoms with Gasteiger partial charge in [-0.1, -0.05) is 24.3 Å². The molecule has 0 atom stereocenters. The van der Waals surface area contributed by atoms with Gasteiger partial charge >= 0.3 is 10.2 Å². The van der Waals surface area contributed by atoms with Crippen molar-refractivity contribution in [1.29, 1.82) is 0 Å². The highest BCUT2D eigenvalue weighted by Gasteiger charge is 2.28. The first kappa shape index (κ1) is 22.7. The second kappa shape index (κ2) is 9.76. The lowest BCUT2D eigenvalue weighted by molar-refractivity contribution is -0.119. The lowest BCUT2D eigenvalue weighted by Crippen LogP contribution is -2.46. The van der Waals surface area contributed by atoms with Gasteiger partial charge in [-0.05, 0) is 55.7 Å². The molecule has 0 spiro atoms. The number of aryl methyl sites for hydroxylation is 2. The molecule has 7 nitrogen and oxygen atoms in total. The van der Waals surface area contributed by atoms with Gasteiger partial charge < -0.3 is 10.1 Å². The SMILES string of the molecule is CCOc1ccc(CNC(=O)CN(c2cc(C)ccc2C)S(=O)(=O)N(C)C)cc1. The molecule has 0 unspecified atom stereocenters. The fourth-order valence-electron chi connectivity index (χ4n) is 2.73. The highest BCUT2D eigenvalue weighted by atomic mass is 32.2. The monoisotopic (exact) mass is 419 g/mol. The van der Waals surface area contributed by atoms with Gasteiger partial charge in [0.05, 0.1) is 12.3 Å². The number of nitrogens with one attached hydrogen (secondary N) is 1. The first-order valence-corrected chi connectivity index (χ1v) is 10.8. The van der Waals surface area contributed by atoms with Gasteiger partial charge in [-0.2, -0.15) is 12.7 Å². The summed E-state index contributed by atoms with van der Waals surface area (Å²) in [5, 5.41) is 2.79. The fourth-order valence-corrected chi connectivity index (χ4v) is 3.85. The van der Waals surface area contributed by atoms with E-state index in [1.165, 1.54) is 14.1 Å². The molecule has 0 saturated carbocycles. The maximum atomic E-state index is 12.9. The van der Waals surface area contributed by atoms with Crippen LogP contribution >= 0.6 is 0 Å². The summed E-state index contributed by atoms with van der Waals surface area (Å²) in [4.78, 5) is 12.6. The van der Waals surface area contributed by atoms with E-state index >= 15 is 0 Å². The van der Waals surface area contributed by atoms with Crippen molar-refractivity contribution in [1.82, 2.24) is 9.62 Å². The van der Waals surface area contributed by atoms with Crippen molar-refractivity contribution in [2.45, 2.75) is 27.3 Å². The van der Waals surface area contributed by atoms with Crippen LogP contribution in [-0.2, 0) is 21.5 Å². The molecular weight excluding hydrogens is 390 g/mol. The van der Waals surface area contributed by atoms with E-state index in [1.807, 2.05) is 57.2 Å². The van der Waals surface area contributed by atoms with E-state index in [0.29, 0.717) is 18.8 Å². The number of rotatable bonds is 9. The average molecular weight is 420 g/mol. The third kappa shape index (κ3) is 5.95. The Labute approximate surface area is 173 Å². The van der Waals surface area contributed by atoms with Crippen molar-refractivity contribution in [3.63, 3.8) is 0 Å². The second-order valence-corrected chi connectivity index (χ2v) is 9.01. The molecule has 29 heavy (non-hydrogen) atoms. The molecule has 2 aromatic carbocycles. The van der Waals surface area contributed by atoms with Crippen LogP contribution in [0.25, 0.3) is 0 Å². The summed E-state index contributed by atoms with van der Waals surface area (Å²) >= 11 is 0. The first-order chi connectivity index (χ1) is 13.6. The minimum atomic E-state index is -3.83. The molecule has 0 radical (unpaired) electrons. The van der Waals surface area contributed by atoms with E-state index in [0.717, 1.165) is 31.1 Å². The molecule has 0 aliphatic heterocycles. The summed E-state index contributed by atoms with van der Waals surface area (Å²) in [6.07, 6.45) is 0. The maximum Gasteiger partial charge on any atom is 0.304 e. The Morgan fingerprint density at radius 1 is 1.07 bits per heavy atom. The van der Waals surface area contributed by atoms with Crippen LogP contribution in [0.5, 0.6) is 5.75 Å². The normalized spacial score (nSPS) is 11.4. The Morgan fingerprint density at radius 2 is 1.72 bits per heavy atom. The van der Waals surface area contributed by atoms with Gasteiger partial charge in [-0.15, -0.1) is 0 Å². The quantitative estimate of drug-likeness (QED) is 0.678. The third-order valence-corrected chi connectivity index (χ3v) is 6.19. The molecule has 2 aromatic rings. The number of amides is 1. The predicted molar refractivity (Wildman–Crippen MR) is 115 cm³/mol. The van der Waals surface area contributed by atoms with Gasteiger partial charge in [0.25, 0.3) is 0 Å². The van der Waals surface area contributed by atoms with Crippen LogP contribution in [0.4, 0.5) is 5.69 Å². The molecule has 0 fully saturated rings. The lowest BCUT2D eigenvalue weighted by Gasteiger charge is -2.28. The van der Waals surface area contributed by atoms with Crippen LogP contribution in [0.15, 0.2) is 42.5 Å². The Balaban J connectivity index is 2.16. The summed E-state index contributed by atoms with van der Waals surface area (Å²) in [7, 11) is -0.933. The number of carbonyl (C=O) groups is 1. The predicted octanol–water partition coefficient (Wildman–Crippen LogP) is 2.63. The van der Waals surface area contributed by atoms with Crippen LogP contribution < -0.4 is 14.4 Å². The number of benzene rings is 2. The van der Waals surface area contributed by atoms with E-state index < -0.39 is 10.2 Å². The molecule has 0 heterocycles. The Bertz CT molecular complexity index is 941. The van der Waals surface area contributed by atoms with Gasteiger partial charge in [-0.25, -0.2) is 4.31 Å². The molecule has 0 aromatic heterocycles. The molecular formula is C21H29N3O4S. The smallest absolute Gasteiger partial charge is 0.304 e. The van der Waals surface area contributed by atoms with Crippen molar-refractivity contribution < 1.29 is 17.9 Å². The molecule has 158 valence electrons. The number of carbonyl (C=O) groups excluding carboxylic acids is 1. The summed E-state index contributed by atoms with van der Waals surface area (Å²) < 4.78 is 33.4. The van der Waals surface area contributed by atoms with Gasteiger partial charge in [0.2, 0.25) is 5.91 Å². The molecule has 2 rings (SSSR count). The van der Waals surface area contributed by atoms with Crippen molar-refractivity contribution in [3.05, 3.63) is 59.2 Å². The minimum absolute atomic E-state index is 0.299. The standard InChI is InChI=1S/C21H29N3O4S/c1-6-28-19-11-9-18(10-12-19)14-22-21(25)15-24(29(26,27)23(4)5)20-13-16(2)7-8-17(20)3/h7-13H,6,14-15H2,1-5H3,(H,22,25). The van der Waals surface area contributed by atoms with Gasteiger partial charge in [0.1, 0.15) is 12.3 Å². The Hall–Kier alpha value is -2.58. The molecule has 0 aliphatic carbocycles. The van der Waals surface area contributed by atoms with E-state index in [2.05, 4.69) is 5.32 Å². The largest absolute Gasteiger partial charge is 0.494 e. The minimum Gasteiger partial charge on any atom is -0.494 e. The van der Waals surface area contributed by atoms with E-state index in [4.69, 9.17) is 4.74 Å². The van der Waals surface area contributed by atoms with Crippen molar-refractivity contribution in [2.75, 3.05) is 31.6 Å². The summed E-state index contributed by atoms with van der Waals surface area (Å²) in [5.41, 5.74) is 3.09. The highest BCUT2D eigenvalue weighted by molar-refractivity contribution is 7.90. The summed E-state index contributed by atoms with van der Waals surface area (Å²) in [5.74, 6) is 0.381. The van der Waals surface area contributed by atoms with Crippen molar-refractivity contribution in [3.8, 4) is 5.75 Å². The number of ether oxygens (including phenoxy) is 1. The third-order valence-electron chi connectivity index (χ3n) is 4.38. The van der Waals surface area contributed by atoms with E-state index in [1.54, 1.807) is 6.07 Å².